The third-order valence-electron chi connectivity index (χ3n) is 14.5. The van der Waals surface area contributed by atoms with Crippen LogP contribution in [0.15, 0.2) is 0 Å². The second-order valence-electron chi connectivity index (χ2n) is 23.0. The third kappa shape index (κ3) is 31.0. The first-order valence-electron chi connectivity index (χ1n) is 30.2. The minimum atomic E-state index is -1.99. The van der Waals surface area contributed by atoms with Gasteiger partial charge < -0.3 is 111 Å². The Balaban J connectivity index is 6.21. The Hall–Kier alpha value is -9.17. The summed E-state index contributed by atoms with van der Waals surface area (Å²) in [5.41, 5.74) is 10.6. The number of carbonyl (C=O) groups excluding carboxylic acids is 14. The summed E-state index contributed by atoms with van der Waals surface area (Å²) in [6, 6.07) is -17.8. The number of aliphatic hydroxyl groups excluding tert-OH is 3. The van der Waals surface area contributed by atoms with Crippen LogP contribution in [0.4, 0.5) is 0 Å². The Kier molecular flexibility index (Phi) is 38.7. The number of carboxylic acids is 3. The van der Waals surface area contributed by atoms with E-state index in [1.807, 2.05) is 5.32 Å². The van der Waals surface area contributed by atoms with Gasteiger partial charge in [0.05, 0.1) is 58.7 Å². The number of aliphatic carboxylic acids is 3. The summed E-state index contributed by atoms with van der Waals surface area (Å²) < 4.78 is 0. The van der Waals surface area contributed by atoms with E-state index in [0.29, 0.717) is 12.8 Å². The van der Waals surface area contributed by atoms with Gasteiger partial charge in [-0.2, -0.15) is 0 Å². The van der Waals surface area contributed by atoms with Crippen LogP contribution in [0.3, 0.4) is 0 Å². The lowest BCUT2D eigenvalue weighted by Crippen LogP contribution is -2.61. The smallest absolute Gasteiger partial charge is 0.326 e. The van der Waals surface area contributed by atoms with Gasteiger partial charge in [0, 0.05) is 0 Å². The summed E-state index contributed by atoms with van der Waals surface area (Å²) in [6.45, 7) is 10.9. The van der Waals surface area contributed by atoms with Gasteiger partial charge in [-0.15, -0.1) is 0 Å². The molecule has 0 heterocycles. The summed E-state index contributed by atoms with van der Waals surface area (Å²) in [5.74, 6) is -22.5. The number of carboxylic acid groups (broad SMARTS) is 3. The number of carbonyl (C=O) groups is 17. The fraction of sp³-hybridized carbons (Fsp3) is 0.696. The molecule has 0 rings (SSSR count). The molecular weight excluding hydrogens is 1250 g/mol. The predicted octanol–water partition coefficient (Wildman–Crippen LogP) is -8.76. The Morgan fingerprint density at radius 1 is 0.351 bits per heavy atom. The van der Waals surface area contributed by atoms with Gasteiger partial charge in [0.25, 0.3) is 0 Å². The number of nitrogens with two attached hydrogens (primary N) is 2. The molecule has 0 radical (unpaired) electrons. The maximum atomic E-state index is 14.1. The molecule has 0 aromatic heterocycles. The molecular formula is C56H95N15O23. The number of hydrogen-bond acceptors (Lipinski definition) is 21. The lowest BCUT2D eigenvalue weighted by molar-refractivity contribution is -0.148. The fourth-order valence-corrected chi connectivity index (χ4v) is 8.38. The molecule has 0 aliphatic carbocycles. The molecule has 0 saturated heterocycles. The average molecular weight is 1350 g/mol. The largest absolute Gasteiger partial charge is 0.481 e. The molecule has 0 spiro atoms. The minimum Gasteiger partial charge on any atom is -0.481 e. The van der Waals surface area contributed by atoms with Gasteiger partial charge in [0.15, 0.2) is 0 Å². The maximum Gasteiger partial charge on any atom is 0.326 e. The van der Waals surface area contributed by atoms with Crippen molar-refractivity contribution in [2.24, 2.45) is 41.1 Å². The molecule has 23 N–H and O–H groups in total. The van der Waals surface area contributed by atoms with E-state index >= 15 is 0 Å². The van der Waals surface area contributed by atoms with Crippen LogP contribution in [0, 0.1) is 29.6 Å². The summed E-state index contributed by atoms with van der Waals surface area (Å²) in [5, 5.41) is 86.6. The van der Waals surface area contributed by atoms with Crippen LogP contribution in [-0.2, 0) is 81.5 Å². The van der Waals surface area contributed by atoms with Crippen LogP contribution in [0.25, 0.3) is 0 Å². The number of amides is 14. The van der Waals surface area contributed by atoms with Gasteiger partial charge in [-0.3, -0.25) is 76.7 Å². The Morgan fingerprint density at radius 2 is 0.681 bits per heavy atom. The van der Waals surface area contributed by atoms with Crippen molar-refractivity contribution in [3.05, 3.63) is 0 Å². The van der Waals surface area contributed by atoms with Crippen molar-refractivity contribution in [3.8, 4) is 0 Å². The number of aliphatic hydroxyl groups is 3. The molecule has 38 nitrogen and oxygen atoms in total. The van der Waals surface area contributed by atoms with Crippen LogP contribution >= 0.6 is 0 Å². The summed E-state index contributed by atoms with van der Waals surface area (Å²) in [6.07, 6.45) is -2.27. The van der Waals surface area contributed by atoms with Crippen LogP contribution in [0.5, 0.6) is 0 Å². The zero-order valence-electron chi connectivity index (χ0n) is 54.2. The zero-order chi connectivity index (χ0) is 72.4. The van der Waals surface area contributed by atoms with Crippen molar-refractivity contribution >= 4 is 101 Å². The van der Waals surface area contributed by atoms with E-state index in [1.165, 1.54) is 6.92 Å². The fourth-order valence-electron chi connectivity index (χ4n) is 8.38. The second-order valence-corrected chi connectivity index (χ2v) is 23.0. The number of hydrogen-bond donors (Lipinski definition) is 21. The Labute approximate surface area is 541 Å². The van der Waals surface area contributed by atoms with E-state index in [9.17, 15) is 102 Å². The Morgan fingerprint density at radius 3 is 1.05 bits per heavy atom. The molecule has 14 amide bonds. The van der Waals surface area contributed by atoms with Crippen LogP contribution < -0.4 is 80.6 Å². The van der Waals surface area contributed by atoms with E-state index in [1.54, 1.807) is 62.3 Å². The van der Waals surface area contributed by atoms with Gasteiger partial charge in [-0.05, 0) is 36.0 Å². The van der Waals surface area contributed by atoms with Crippen molar-refractivity contribution in [2.75, 3.05) is 39.5 Å². The third-order valence-corrected chi connectivity index (χ3v) is 14.5. The minimum absolute atomic E-state index is 0.0820. The summed E-state index contributed by atoms with van der Waals surface area (Å²) in [4.78, 5) is 219. The molecule has 0 aromatic rings. The first-order chi connectivity index (χ1) is 43.8. The van der Waals surface area contributed by atoms with Crippen LogP contribution in [-0.4, -0.2) is 237 Å². The van der Waals surface area contributed by atoms with Crippen molar-refractivity contribution < 1.29 is 112 Å². The van der Waals surface area contributed by atoms with Crippen molar-refractivity contribution in [1.82, 2.24) is 69.1 Å². The average Bonchev–Trinajstić information content (AvgIpc) is 0.958. The first-order valence-corrected chi connectivity index (χ1v) is 30.2. The molecule has 0 saturated carbocycles. The second kappa shape index (κ2) is 42.9. The normalized spacial score (nSPS) is 15.5. The Bertz CT molecular complexity index is 2680. The maximum absolute atomic E-state index is 14.1. The van der Waals surface area contributed by atoms with Crippen LogP contribution in [0.2, 0.25) is 0 Å². The zero-order valence-corrected chi connectivity index (χ0v) is 54.2. The van der Waals surface area contributed by atoms with Crippen molar-refractivity contribution in [3.63, 3.8) is 0 Å². The highest BCUT2D eigenvalue weighted by Crippen LogP contribution is 2.15. The van der Waals surface area contributed by atoms with Gasteiger partial charge in [0.1, 0.15) is 66.5 Å². The van der Waals surface area contributed by atoms with Crippen molar-refractivity contribution in [2.45, 2.75) is 181 Å². The first kappa shape index (κ1) is 84.8. The molecule has 0 aromatic carbocycles. The van der Waals surface area contributed by atoms with Gasteiger partial charge in [0.2, 0.25) is 82.7 Å². The van der Waals surface area contributed by atoms with E-state index < -0.39 is 249 Å². The SMILES string of the molecule is CC[C@H](C)[C@H](NC(=O)CNC(=O)[C@@H](NC(=O)[C@@H](NC(=O)[C@@H](NC(=O)CNC(=O)[C@H](CC(C)C)NC(=O)[C@H](CO)NC(=O)[C@H](CO)NC(=O)[C@H](CC(N)=O)NC(=O)CNC(=O)[C@@H](N)CO)[C@@H](C)CC)[C@@H](C)CC)C(C)C)C(=O)N[C@@H](CC(=O)O)C(=O)N[C@@H](CC(=O)O)C(=O)O. The predicted molar refractivity (Wildman–Crippen MR) is 326 cm³/mol. The van der Waals surface area contributed by atoms with E-state index in [2.05, 4.69) is 63.8 Å². The quantitative estimate of drug-likeness (QED) is 0.0269. The standard InChI is InChI=1S/C56H95N15O23/c1-11-26(8)43(53(90)64-32(16-40(79)80)49(86)65-33(56(93)94)17-41(81)82)68-39(78)20-61-52(89)42(25(6)7)70-55(92)45(28(10)13-3)71-54(91)44(27(9)12-2)69-38(77)19-60-47(84)30(14-24(4)5)63-50(87)34(22-73)67-51(88)35(23-74)66-48(85)31(15-36(58)75)62-37(76)18-59-46(83)29(57)21-72/h24-35,42-45,72-74H,11-23,57H2,1-10H3,(H2,58,75)(H,59,83)(H,60,84)(H,61,89)(H,62,76)(H,63,87)(H,64,90)(H,65,86)(H,66,85)(H,67,88)(H,68,78)(H,69,77)(H,70,92)(H,71,91)(H,79,80)(H,81,82)(H,93,94)/t26-,27-,28-,29-,30-,31-,32-,33-,34-,35-,42-,43-,44-,45-/m0/s1. The number of primary amides is 1. The molecule has 0 aliphatic rings. The van der Waals surface area contributed by atoms with E-state index in [-0.39, 0.29) is 18.8 Å². The topological polar surface area (TPSA) is 620 Å². The van der Waals surface area contributed by atoms with Gasteiger partial charge >= 0.3 is 17.9 Å². The highest BCUT2D eigenvalue weighted by molar-refractivity contribution is 6.00. The lowest BCUT2D eigenvalue weighted by Gasteiger charge is -2.30. The molecule has 532 valence electrons. The monoisotopic (exact) mass is 1350 g/mol. The highest BCUT2D eigenvalue weighted by atomic mass is 16.4. The van der Waals surface area contributed by atoms with E-state index in [4.69, 9.17) is 21.7 Å². The summed E-state index contributed by atoms with van der Waals surface area (Å²) in [7, 11) is 0. The molecule has 0 unspecified atom stereocenters. The van der Waals surface area contributed by atoms with Gasteiger partial charge in [-0.25, -0.2) is 4.79 Å². The molecule has 0 fully saturated rings. The van der Waals surface area contributed by atoms with E-state index in [0.717, 1.165) is 0 Å². The number of rotatable bonds is 45. The molecule has 38 heteroatoms. The molecule has 94 heavy (non-hydrogen) atoms. The molecule has 14 atom stereocenters. The van der Waals surface area contributed by atoms with Crippen LogP contribution in [0.1, 0.15) is 114 Å². The molecule has 0 aliphatic heterocycles. The lowest BCUT2D eigenvalue weighted by atomic mass is 9.94. The van der Waals surface area contributed by atoms with Gasteiger partial charge in [-0.1, -0.05) is 88.5 Å². The molecule has 0 bridgehead atoms. The summed E-state index contributed by atoms with van der Waals surface area (Å²) >= 11 is 0. The number of nitrogens with one attached hydrogen (secondary N) is 13. The van der Waals surface area contributed by atoms with Crippen molar-refractivity contribution in [1.29, 1.82) is 0 Å². The highest BCUT2D eigenvalue weighted by Gasteiger charge is 2.38.